The summed E-state index contributed by atoms with van der Waals surface area (Å²) in [5.41, 5.74) is 1.22. The fourth-order valence-corrected chi connectivity index (χ4v) is 4.01. The molecule has 134 valence electrons. The minimum Gasteiger partial charge on any atom is -0.258 e. The minimum absolute atomic E-state index is 0.0394. The van der Waals surface area contributed by atoms with Gasteiger partial charge in [-0.3, -0.25) is 10.1 Å². The van der Waals surface area contributed by atoms with E-state index in [-0.39, 0.29) is 17.1 Å². The van der Waals surface area contributed by atoms with Gasteiger partial charge in [0.25, 0.3) is 5.69 Å². The van der Waals surface area contributed by atoms with E-state index in [1.807, 2.05) is 6.07 Å². The van der Waals surface area contributed by atoms with Crippen LogP contribution in [0.4, 0.5) is 5.69 Å². The maximum absolute atomic E-state index is 12.5. The van der Waals surface area contributed by atoms with Crippen molar-refractivity contribution in [3.8, 4) is 5.69 Å². The molecule has 0 aliphatic rings. The number of benzene rings is 2. The Morgan fingerprint density at radius 1 is 1.19 bits per heavy atom. The molecule has 0 saturated carbocycles. The summed E-state index contributed by atoms with van der Waals surface area (Å²) in [6.45, 7) is 0.0394. The second-order valence-corrected chi connectivity index (χ2v) is 8.03. The molecule has 0 unspecified atom stereocenters. The van der Waals surface area contributed by atoms with Crippen LogP contribution in [0.5, 0.6) is 0 Å². The number of aromatic nitrogens is 2. The van der Waals surface area contributed by atoms with Gasteiger partial charge in [-0.2, -0.15) is 5.10 Å². The van der Waals surface area contributed by atoms with Crippen LogP contribution in [0.25, 0.3) is 5.69 Å². The molecule has 2 aromatic carbocycles. The fourth-order valence-electron chi connectivity index (χ4n) is 2.30. The van der Waals surface area contributed by atoms with Gasteiger partial charge in [-0.05, 0) is 29.8 Å². The molecule has 3 rings (SSSR count). The number of hydrogen-bond acceptors (Lipinski definition) is 5. The number of rotatable bonds is 6. The molecule has 0 amide bonds. The summed E-state index contributed by atoms with van der Waals surface area (Å²) in [5, 5.41) is 15.1. The van der Waals surface area contributed by atoms with Gasteiger partial charge in [0, 0.05) is 35.5 Å². The van der Waals surface area contributed by atoms with E-state index < -0.39 is 14.9 Å². The van der Waals surface area contributed by atoms with Crippen LogP contribution >= 0.6 is 15.9 Å². The first-order valence-electron chi connectivity index (χ1n) is 7.39. The summed E-state index contributed by atoms with van der Waals surface area (Å²) in [4.78, 5) is 10.1. The number of nitrogens with zero attached hydrogens (tertiary/aromatic N) is 3. The average Bonchev–Trinajstić information content (AvgIpc) is 3.14. The van der Waals surface area contributed by atoms with Crippen molar-refractivity contribution in [1.29, 1.82) is 0 Å². The van der Waals surface area contributed by atoms with Gasteiger partial charge >= 0.3 is 0 Å². The minimum atomic E-state index is -3.91. The maximum atomic E-state index is 12.5. The van der Waals surface area contributed by atoms with E-state index in [4.69, 9.17) is 0 Å². The Kier molecular flexibility index (Phi) is 5.16. The van der Waals surface area contributed by atoms with Crippen LogP contribution in [0.15, 0.2) is 70.3 Å². The first-order chi connectivity index (χ1) is 12.3. The van der Waals surface area contributed by atoms with Crippen LogP contribution < -0.4 is 4.72 Å². The lowest BCUT2D eigenvalue weighted by Crippen LogP contribution is -2.23. The highest BCUT2D eigenvalue weighted by Crippen LogP contribution is 2.24. The summed E-state index contributed by atoms with van der Waals surface area (Å²) in [6, 6.07) is 12.6. The van der Waals surface area contributed by atoms with Crippen LogP contribution in [0.2, 0.25) is 0 Å². The molecule has 0 aliphatic heterocycles. The van der Waals surface area contributed by atoms with E-state index in [9.17, 15) is 18.5 Å². The molecule has 0 fully saturated rings. The Labute approximate surface area is 157 Å². The first-order valence-corrected chi connectivity index (χ1v) is 9.66. The van der Waals surface area contributed by atoms with Crippen LogP contribution in [-0.2, 0) is 16.6 Å². The number of nitro benzene ring substituents is 1. The Balaban J connectivity index is 1.81. The van der Waals surface area contributed by atoms with Gasteiger partial charge in [0.2, 0.25) is 10.0 Å². The lowest BCUT2D eigenvalue weighted by molar-refractivity contribution is -0.385. The molecule has 1 heterocycles. The molecule has 1 N–H and O–H groups in total. The molecule has 26 heavy (non-hydrogen) atoms. The van der Waals surface area contributed by atoms with Gasteiger partial charge in [0.15, 0.2) is 0 Å². The number of non-ortho nitro benzene ring substituents is 1. The van der Waals surface area contributed by atoms with Crippen molar-refractivity contribution >= 4 is 31.6 Å². The summed E-state index contributed by atoms with van der Waals surface area (Å²) < 4.78 is 29.4. The summed E-state index contributed by atoms with van der Waals surface area (Å²) in [5.74, 6) is 0. The van der Waals surface area contributed by atoms with Crippen molar-refractivity contribution < 1.29 is 13.3 Å². The molecule has 0 aliphatic carbocycles. The van der Waals surface area contributed by atoms with Crippen LogP contribution in [0.1, 0.15) is 5.56 Å². The fraction of sp³-hybridized carbons (Fsp3) is 0.0625. The molecular formula is C16H13BrN4O4S. The molecule has 10 heteroatoms. The van der Waals surface area contributed by atoms with E-state index >= 15 is 0 Å². The van der Waals surface area contributed by atoms with Crippen molar-refractivity contribution in [2.75, 3.05) is 0 Å². The standard InChI is InChI=1S/C16H13BrN4O4S/c17-13-8-15(21(22)23)10-16(9-13)26(24,25)19-11-12-3-1-4-14(7-12)20-6-2-5-18-20/h1-10,19H,11H2. The molecule has 1 aromatic heterocycles. The predicted molar refractivity (Wildman–Crippen MR) is 98.4 cm³/mol. The monoisotopic (exact) mass is 436 g/mol. The Morgan fingerprint density at radius 2 is 2.00 bits per heavy atom. The first kappa shape index (κ1) is 18.2. The van der Waals surface area contributed by atoms with Gasteiger partial charge in [0.1, 0.15) is 0 Å². The average molecular weight is 437 g/mol. The van der Waals surface area contributed by atoms with E-state index in [1.54, 1.807) is 41.3 Å². The lowest BCUT2D eigenvalue weighted by atomic mass is 10.2. The highest BCUT2D eigenvalue weighted by atomic mass is 79.9. The third-order valence-electron chi connectivity index (χ3n) is 3.52. The highest BCUT2D eigenvalue weighted by Gasteiger charge is 2.19. The van der Waals surface area contributed by atoms with E-state index in [1.165, 1.54) is 12.1 Å². The molecule has 0 saturated heterocycles. The highest BCUT2D eigenvalue weighted by molar-refractivity contribution is 9.10. The maximum Gasteiger partial charge on any atom is 0.271 e. The number of nitro groups is 1. The van der Waals surface area contributed by atoms with E-state index in [0.717, 1.165) is 17.3 Å². The summed E-state index contributed by atoms with van der Waals surface area (Å²) in [6.07, 6.45) is 3.43. The van der Waals surface area contributed by atoms with Crippen molar-refractivity contribution in [2.24, 2.45) is 0 Å². The van der Waals surface area contributed by atoms with Crippen LogP contribution in [0, 0.1) is 10.1 Å². The normalized spacial score (nSPS) is 11.4. The molecule has 8 nitrogen and oxygen atoms in total. The zero-order valence-corrected chi connectivity index (χ0v) is 15.6. The lowest BCUT2D eigenvalue weighted by Gasteiger charge is -2.09. The zero-order valence-electron chi connectivity index (χ0n) is 13.2. The topological polar surface area (TPSA) is 107 Å². The third kappa shape index (κ3) is 4.15. The van der Waals surface area contributed by atoms with Crippen LogP contribution in [0.3, 0.4) is 0 Å². The van der Waals surface area contributed by atoms with Crippen LogP contribution in [-0.4, -0.2) is 23.1 Å². The van der Waals surface area contributed by atoms with Crippen molar-refractivity contribution in [3.05, 3.63) is 81.1 Å². The van der Waals surface area contributed by atoms with Crippen molar-refractivity contribution in [3.63, 3.8) is 0 Å². The SMILES string of the molecule is O=[N+]([O-])c1cc(Br)cc(S(=O)(=O)NCc2cccc(-n3cccn3)c2)c1. The molecule has 0 atom stereocenters. The molecule has 0 spiro atoms. The Bertz CT molecular complexity index is 1050. The van der Waals surface area contributed by atoms with Gasteiger partial charge in [-0.1, -0.05) is 28.1 Å². The zero-order chi connectivity index (χ0) is 18.7. The van der Waals surface area contributed by atoms with Gasteiger partial charge < -0.3 is 0 Å². The van der Waals surface area contributed by atoms with E-state index in [2.05, 4.69) is 25.8 Å². The molecular weight excluding hydrogens is 424 g/mol. The number of halogens is 1. The predicted octanol–water partition coefficient (Wildman–Crippen LogP) is 3.02. The second-order valence-electron chi connectivity index (χ2n) is 5.35. The van der Waals surface area contributed by atoms with Crippen molar-refractivity contribution in [1.82, 2.24) is 14.5 Å². The Hall–Kier alpha value is -2.56. The molecule has 0 bridgehead atoms. The number of hydrogen-bond donors (Lipinski definition) is 1. The smallest absolute Gasteiger partial charge is 0.258 e. The van der Waals surface area contributed by atoms with Crippen molar-refractivity contribution in [2.45, 2.75) is 11.4 Å². The molecule has 0 radical (unpaired) electrons. The summed E-state index contributed by atoms with van der Waals surface area (Å²) in [7, 11) is -3.91. The van der Waals surface area contributed by atoms with E-state index in [0.29, 0.717) is 4.47 Å². The number of nitrogens with one attached hydrogen (secondary N) is 1. The quantitative estimate of drug-likeness (QED) is 0.471. The second kappa shape index (κ2) is 7.36. The largest absolute Gasteiger partial charge is 0.271 e. The van der Waals surface area contributed by atoms with Gasteiger partial charge in [0.05, 0.1) is 15.5 Å². The third-order valence-corrected chi connectivity index (χ3v) is 5.36. The number of sulfonamides is 1. The van der Waals surface area contributed by atoms with Gasteiger partial charge in [-0.25, -0.2) is 17.8 Å². The summed E-state index contributed by atoms with van der Waals surface area (Å²) >= 11 is 3.10. The molecule has 3 aromatic rings. The Morgan fingerprint density at radius 3 is 2.69 bits per heavy atom. The van der Waals surface area contributed by atoms with Gasteiger partial charge in [-0.15, -0.1) is 0 Å².